The second-order valence-corrected chi connectivity index (χ2v) is 6.78. The number of amides is 1. The molecule has 1 amide bonds. The molecule has 3 rings (SSSR count). The van der Waals surface area contributed by atoms with Crippen LogP contribution in [-0.2, 0) is 17.6 Å². The molecule has 124 valence electrons. The normalized spacial score (nSPS) is 12.0. The van der Waals surface area contributed by atoms with E-state index in [0.717, 1.165) is 17.7 Å². The van der Waals surface area contributed by atoms with Gasteiger partial charge in [0.1, 0.15) is 0 Å². The van der Waals surface area contributed by atoms with Crippen LogP contribution < -0.4 is 5.32 Å². The molecule has 2 heterocycles. The summed E-state index contributed by atoms with van der Waals surface area (Å²) in [7, 11) is 0. The summed E-state index contributed by atoms with van der Waals surface area (Å²) in [6, 6.07) is 16.2. The fraction of sp³-hybridized carbons (Fsp3) is 0.263. The van der Waals surface area contributed by atoms with Gasteiger partial charge in [0.05, 0.1) is 17.0 Å². The number of thiophene rings is 1. The summed E-state index contributed by atoms with van der Waals surface area (Å²) in [4.78, 5) is 13.2. The predicted octanol–water partition coefficient (Wildman–Crippen LogP) is 4.08. The molecule has 0 spiro atoms. The van der Waals surface area contributed by atoms with E-state index >= 15 is 0 Å². The molecule has 2 aromatic heterocycles. The average molecular weight is 340 g/mol. The van der Waals surface area contributed by atoms with Crippen LogP contribution in [0.1, 0.15) is 24.6 Å². The van der Waals surface area contributed by atoms with Crippen molar-refractivity contribution >= 4 is 17.2 Å². The van der Waals surface area contributed by atoms with Crippen LogP contribution >= 0.6 is 11.3 Å². The van der Waals surface area contributed by atoms with Gasteiger partial charge in [0.25, 0.3) is 0 Å². The quantitative estimate of drug-likeness (QED) is 0.705. The van der Waals surface area contributed by atoms with Gasteiger partial charge < -0.3 is 9.84 Å². The third-order valence-corrected chi connectivity index (χ3v) is 4.67. The monoisotopic (exact) mass is 340 g/mol. The Morgan fingerprint density at radius 2 is 2.08 bits per heavy atom. The summed E-state index contributed by atoms with van der Waals surface area (Å²) < 4.78 is 5.30. The molecule has 1 N–H and O–H groups in total. The van der Waals surface area contributed by atoms with Crippen LogP contribution in [0.3, 0.4) is 0 Å². The maximum atomic E-state index is 12.1. The number of nitrogens with zero attached hydrogens (tertiary/aromatic N) is 1. The lowest BCUT2D eigenvalue weighted by molar-refractivity contribution is -0.121. The Labute approximate surface area is 145 Å². The number of rotatable bonds is 7. The molecule has 0 aliphatic carbocycles. The number of benzene rings is 1. The van der Waals surface area contributed by atoms with E-state index in [0.29, 0.717) is 11.5 Å². The van der Waals surface area contributed by atoms with Gasteiger partial charge in [0.15, 0.2) is 5.76 Å². The standard InChI is InChI=1S/C19H20N2O2S/c1-14(9-10-15-6-3-2-4-7-15)20-19(22)13-16-12-17(23-21-16)18-8-5-11-24-18/h2-8,11-12,14H,9-10,13H2,1H3,(H,20,22)/t14-/m0/s1. The molecule has 0 unspecified atom stereocenters. The maximum absolute atomic E-state index is 12.1. The number of aryl methyl sites for hydroxylation is 1. The number of carbonyl (C=O) groups excluding carboxylic acids is 1. The van der Waals surface area contributed by atoms with Crippen molar-refractivity contribution in [3.05, 3.63) is 65.2 Å². The number of carbonyl (C=O) groups is 1. The van der Waals surface area contributed by atoms with E-state index in [4.69, 9.17) is 4.52 Å². The first kappa shape index (κ1) is 16.5. The predicted molar refractivity (Wildman–Crippen MR) is 95.9 cm³/mol. The van der Waals surface area contributed by atoms with Crippen LogP contribution in [0.2, 0.25) is 0 Å². The molecule has 0 radical (unpaired) electrons. The minimum Gasteiger partial charge on any atom is -0.355 e. The Hall–Kier alpha value is -2.40. The Morgan fingerprint density at radius 1 is 1.25 bits per heavy atom. The first-order valence-electron chi connectivity index (χ1n) is 8.03. The summed E-state index contributed by atoms with van der Waals surface area (Å²) in [6.07, 6.45) is 2.11. The van der Waals surface area contributed by atoms with Crippen LogP contribution in [0.25, 0.3) is 10.6 Å². The molecular weight excluding hydrogens is 320 g/mol. The minimum atomic E-state index is -0.0263. The maximum Gasteiger partial charge on any atom is 0.226 e. The summed E-state index contributed by atoms with van der Waals surface area (Å²) in [5.41, 5.74) is 1.95. The van der Waals surface area contributed by atoms with Crippen molar-refractivity contribution in [1.82, 2.24) is 10.5 Å². The van der Waals surface area contributed by atoms with Crippen molar-refractivity contribution in [2.75, 3.05) is 0 Å². The highest BCUT2D eigenvalue weighted by molar-refractivity contribution is 7.13. The van der Waals surface area contributed by atoms with Gasteiger partial charge in [0.2, 0.25) is 5.91 Å². The molecule has 5 heteroatoms. The lowest BCUT2D eigenvalue weighted by Crippen LogP contribution is -2.34. The molecule has 0 bridgehead atoms. The van der Waals surface area contributed by atoms with Crippen LogP contribution in [-0.4, -0.2) is 17.1 Å². The Balaban J connectivity index is 1.47. The summed E-state index contributed by atoms with van der Waals surface area (Å²) in [6.45, 7) is 2.03. The molecule has 0 saturated heterocycles. The van der Waals surface area contributed by atoms with Crippen molar-refractivity contribution in [2.24, 2.45) is 0 Å². The summed E-state index contributed by atoms with van der Waals surface area (Å²) in [5.74, 6) is 0.687. The van der Waals surface area contributed by atoms with Gasteiger partial charge >= 0.3 is 0 Å². The average Bonchev–Trinajstić information content (AvgIpc) is 3.25. The van der Waals surface area contributed by atoms with E-state index in [1.807, 2.05) is 48.7 Å². The van der Waals surface area contributed by atoms with Crippen LogP contribution in [0.4, 0.5) is 0 Å². The largest absolute Gasteiger partial charge is 0.355 e. The van der Waals surface area contributed by atoms with Crippen molar-refractivity contribution in [1.29, 1.82) is 0 Å². The summed E-state index contributed by atoms with van der Waals surface area (Å²) in [5, 5.41) is 8.99. The van der Waals surface area contributed by atoms with Gasteiger partial charge in [-0.1, -0.05) is 41.6 Å². The van der Waals surface area contributed by atoms with Crippen molar-refractivity contribution in [3.8, 4) is 10.6 Å². The van der Waals surface area contributed by atoms with E-state index in [2.05, 4.69) is 22.6 Å². The zero-order valence-electron chi connectivity index (χ0n) is 13.6. The van der Waals surface area contributed by atoms with Crippen molar-refractivity contribution in [3.63, 3.8) is 0 Å². The van der Waals surface area contributed by atoms with Gasteiger partial charge in [0, 0.05) is 12.1 Å². The molecular formula is C19H20N2O2S. The molecule has 3 aromatic rings. The molecule has 0 fully saturated rings. The van der Waals surface area contributed by atoms with Gasteiger partial charge in [-0.05, 0) is 36.8 Å². The van der Waals surface area contributed by atoms with E-state index < -0.39 is 0 Å². The van der Waals surface area contributed by atoms with Crippen molar-refractivity contribution in [2.45, 2.75) is 32.2 Å². The molecule has 0 aliphatic rings. The van der Waals surface area contributed by atoms with Gasteiger partial charge in [-0.3, -0.25) is 4.79 Å². The zero-order valence-corrected chi connectivity index (χ0v) is 14.4. The molecule has 24 heavy (non-hydrogen) atoms. The number of hydrogen-bond donors (Lipinski definition) is 1. The first-order chi connectivity index (χ1) is 11.7. The van der Waals surface area contributed by atoms with E-state index in [1.165, 1.54) is 5.56 Å². The second kappa shape index (κ2) is 7.93. The minimum absolute atomic E-state index is 0.0263. The molecule has 4 nitrogen and oxygen atoms in total. The number of aromatic nitrogens is 1. The number of hydrogen-bond acceptors (Lipinski definition) is 4. The smallest absolute Gasteiger partial charge is 0.226 e. The fourth-order valence-electron chi connectivity index (χ4n) is 2.52. The third kappa shape index (κ3) is 4.55. The van der Waals surface area contributed by atoms with Gasteiger partial charge in [-0.2, -0.15) is 0 Å². The first-order valence-corrected chi connectivity index (χ1v) is 8.91. The third-order valence-electron chi connectivity index (χ3n) is 3.78. The zero-order chi connectivity index (χ0) is 16.8. The molecule has 1 atom stereocenters. The van der Waals surface area contributed by atoms with Crippen LogP contribution in [0.15, 0.2) is 58.4 Å². The van der Waals surface area contributed by atoms with Gasteiger partial charge in [-0.15, -0.1) is 11.3 Å². The highest BCUT2D eigenvalue weighted by atomic mass is 32.1. The Kier molecular flexibility index (Phi) is 5.43. The summed E-state index contributed by atoms with van der Waals surface area (Å²) >= 11 is 1.59. The molecule has 1 aromatic carbocycles. The SMILES string of the molecule is C[C@@H](CCc1ccccc1)NC(=O)Cc1cc(-c2cccs2)on1. The van der Waals surface area contributed by atoms with E-state index in [9.17, 15) is 4.79 Å². The Bertz CT molecular complexity index is 766. The Morgan fingerprint density at radius 3 is 2.83 bits per heavy atom. The highest BCUT2D eigenvalue weighted by Crippen LogP contribution is 2.25. The van der Waals surface area contributed by atoms with Crippen molar-refractivity contribution < 1.29 is 9.32 Å². The lowest BCUT2D eigenvalue weighted by Gasteiger charge is -2.13. The van der Waals surface area contributed by atoms with Crippen LogP contribution in [0.5, 0.6) is 0 Å². The lowest BCUT2D eigenvalue weighted by atomic mass is 10.1. The van der Waals surface area contributed by atoms with Crippen LogP contribution in [0, 0.1) is 0 Å². The topological polar surface area (TPSA) is 55.1 Å². The molecule has 0 saturated carbocycles. The second-order valence-electron chi connectivity index (χ2n) is 5.83. The number of nitrogens with one attached hydrogen (secondary N) is 1. The molecule has 0 aliphatic heterocycles. The highest BCUT2D eigenvalue weighted by Gasteiger charge is 2.13. The fourth-order valence-corrected chi connectivity index (χ4v) is 3.19. The van der Waals surface area contributed by atoms with Gasteiger partial charge in [-0.25, -0.2) is 0 Å². The van der Waals surface area contributed by atoms with E-state index in [1.54, 1.807) is 11.3 Å². The van der Waals surface area contributed by atoms with E-state index in [-0.39, 0.29) is 18.4 Å².